The van der Waals surface area contributed by atoms with Gasteiger partial charge in [0.25, 0.3) is 0 Å². The van der Waals surface area contributed by atoms with E-state index in [0.29, 0.717) is 0 Å². The number of fused-ring (bicyclic) bond motifs is 2. The molecule has 2 bridgehead atoms. The molecule has 0 radical (unpaired) electrons. The Balaban J connectivity index is 0.000000845. The zero-order valence-corrected chi connectivity index (χ0v) is 8.73. The Hall–Kier alpha value is -0.193. The maximum Gasteiger partial charge on any atom is 1.00 e. The number of carbonyl (C=O) groups excluding carboxylic acids is 2. The van der Waals surface area contributed by atoms with Crippen LogP contribution in [0.2, 0.25) is 0 Å². The zero-order valence-electron chi connectivity index (χ0n) is 8.73. The summed E-state index contributed by atoms with van der Waals surface area (Å²) in [5, 5.41) is 0. The second-order valence-corrected chi connectivity index (χ2v) is 4.59. The van der Waals surface area contributed by atoms with Crippen molar-refractivity contribution in [2.45, 2.75) is 33.6 Å². The van der Waals surface area contributed by atoms with Gasteiger partial charge in [0.2, 0.25) is 0 Å². The van der Waals surface area contributed by atoms with Crippen LogP contribution in [0.4, 0.5) is 0 Å². The van der Waals surface area contributed by atoms with Crippen molar-refractivity contribution in [3.05, 3.63) is 5.92 Å². The molecule has 66 valence electrons. The largest absolute Gasteiger partial charge is 1.00 e. The molecule has 1 atom stereocenters. The molecule has 2 rings (SSSR count). The second kappa shape index (κ2) is 2.65. The van der Waals surface area contributed by atoms with Gasteiger partial charge in [-0.1, -0.05) is 39.0 Å². The molecule has 1 unspecified atom stereocenters. The van der Waals surface area contributed by atoms with Crippen molar-refractivity contribution in [3.8, 4) is 0 Å². The molecule has 0 aliphatic heterocycles. The molecule has 0 heterocycles. The van der Waals surface area contributed by atoms with Crippen LogP contribution < -0.4 is 18.9 Å². The molecule has 0 saturated heterocycles. The molecule has 0 spiro atoms. The van der Waals surface area contributed by atoms with E-state index >= 15 is 0 Å². The molecule has 2 saturated carbocycles. The van der Waals surface area contributed by atoms with E-state index < -0.39 is 0 Å². The number of Topliss-reactive ketones (excluding diaryl/α,β-unsaturated/α-hetero) is 2. The van der Waals surface area contributed by atoms with Gasteiger partial charge in [0.15, 0.2) is 0 Å². The summed E-state index contributed by atoms with van der Waals surface area (Å²) in [6.45, 7) is 5.95. The molecule has 2 fully saturated rings. The van der Waals surface area contributed by atoms with Crippen LogP contribution in [-0.4, -0.2) is 11.6 Å². The number of hydrogen-bond acceptors (Lipinski definition) is 2. The standard InChI is InChI=1S/C10H13O2.Li/c1-9(2)6-4-5-10(9,3)8(12)7(6)11;/h4-5H2,1-3H3;/q-1;+1. The van der Waals surface area contributed by atoms with E-state index in [2.05, 4.69) is 0 Å². The zero-order chi connectivity index (χ0) is 9.15. The predicted molar refractivity (Wildman–Crippen MR) is 44.4 cm³/mol. The summed E-state index contributed by atoms with van der Waals surface area (Å²) in [5.41, 5.74) is -0.569. The Morgan fingerprint density at radius 1 is 1.23 bits per heavy atom. The Labute approximate surface area is 90.6 Å². The molecule has 13 heavy (non-hydrogen) atoms. The molecule has 3 heteroatoms. The van der Waals surface area contributed by atoms with Crippen molar-refractivity contribution in [1.82, 2.24) is 0 Å². The third-order valence-electron chi connectivity index (χ3n) is 3.99. The van der Waals surface area contributed by atoms with Crippen LogP contribution in [0.15, 0.2) is 0 Å². The maximum atomic E-state index is 11.5. The number of hydrogen-bond donors (Lipinski definition) is 0. The minimum absolute atomic E-state index is 0. The monoisotopic (exact) mass is 172 g/mol. The van der Waals surface area contributed by atoms with E-state index in [-0.39, 0.29) is 41.3 Å². The quantitative estimate of drug-likeness (QED) is 0.254. The van der Waals surface area contributed by atoms with E-state index in [4.69, 9.17) is 0 Å². The van der Waals surface area contributed by atoms with Crippen molar-refractivity contribution in [3.63, 3.8) is 0 Å². The Morgan fingerprint density at radius 3 is 2.00 bits per heavy atom. The van der Waals surface area contributed by atoms with Gasteiger partial charge < -0.3 is 9.59 Å². The van der Waals surface area contributed by atoms with E-state index in [9.17, 15) is 9.59 Å². The van der Waals surface area contributed by atoms with E-state index in [1.54, 1.807) is 0 Å². The molecule has 2 aliphatic carbocycles. The molecule has 2 aliphatic rings. The predicted octanol–water partition coefficient (Wildman–Crippen LogP) is -1.46. The van der Waals surface area contributed by atoms with Gasteiger partial charge in [0.1, 0.15) is 0 Å². The van der Waals surface area contributed by atoms with Crippen LogP contribution in [0.25, 0.3) is 0 Å². The smallest absolute Gasteiger partial charge is 0.402 e. The average molecular weight is 172 g/mol. The molecule has 0 aromatic rings. The summed E-state index contributed by atoms with van der Waals surface area (Å²) in [6, 6.07) is 0. The van der Waals surface area contributed by atoms with Gasteiger partial charge >= 0.3 is 18.9 Å². The first-order valence-electron chi connectivity index (χ1n) is 4.37. The number of rotatable bonds is 0. The maximum absolute atomic E-state index is 11.5. The van der Waals surface area contributed by atoms with Crippen molar-refractivity contribution in [1.29, 1.82) is 0 Å². The van der Waals surface area contributed by atoms with E-state index in [1.807, 2.05) is 20.8 Å². The summed E-state index contributed by atoms with van der Waals surface area (Å²) in [4.78, 5) is 22.9. The fourth-order valence-electron chi connectivity index (χ4n) is 2.52. The molecule has 0 amide bonds. The summed E-state index contributed by atoms with van der Waals surface area (Å²) in [7, 11) is 0. The minimum atomic E-state index is -0.389. The molecule has 0 aromatic heterocycles. The minimum Gasteiger partial charge on any atom is -0.402 e. The van der Waals surface area contributed by atoms with E-state index in [1.165, 1.54) is 0 Å². The molecule has 2 nitrogen and oxygen atoms in total. The van der Waals surface area contributed by atoms with Crippen LogP contribution in [-0.2, 0) is 9.59 Å². The SMILES string of the molecule is CC12CC[C-](C(=O)C1=O)C2(C)C.[Li+]. The third-order valence-corrected chi connectivity index (χ3v) is 3.99. The van der Waals surface area contributed by atoms with Gasteiger partial charge in [-0.15, -0.1) is 0 Å². The summed E-state index contributed by atoms with van der Waals surface area (Å²) < 4.78 is 0. The number of ketones is 2. The first-order valence-corrected chi connectivity index (χ1v) is 4.37. The topological polar surface area (TPSA) is 34.1 Å². The first kappa shape index (κ1) is 10.9. The van der Waals surface area contributed by atoms with Crippen molar-refractivity contribution < 1.29 is 28.4 Å². The van der Waals surface area contributed by atoms with Gasteiger partial charge in [-0.05, 0) is 5.41 Å². The van der Waals surface area contributed by atoms with Gasteiger partial charge in [-0.2, -0.15) is 5.92 Å². The van der Waals surface area contributed by atoms with Crippen molar-refractivity contribution in [2.24, 2.45) is 10.8 Å². The van der Waals surface area contributed by atoms with Crippen LogP contribution >= 0.6 is 0 Å². The second-order valence-electron chi connectivity index (χ2n) is 4.59. The molecule has 0 N–H and O–H groups in total. The first-order chi connectivity index (χ1) is 5.41. The third kappa shape index (κ3) is 0.937. The Kier molecular flexibility index (Phi) is 2.22. The molecule has 0 aromatic carbocycles. The van der Waals surface area contributed by atoms with Crippen LogP contribution in [0.1, 0.15) is 33.6 Å². The van der Waals surface area contributed by atoms with Crippen LogP contribution in [0, 0.1) is 16.7 Å². The fraction of sp³-hybridized carbons (Fsp3) is 0.700. The fourth-order valence-corrected chi connectivity index (χ4v) is 2.52. The summed E-state index contributed by atoms with van der Waals surface area (Å²) in [5.74, 6) is 0.498. The van der Waals surface area contributed by atoms with Crippen molar-refractivity contribution in [2.75, 3.05) is 0 Å². The molecular weight excluding hydrogens is 159 g/mol. The normalized spacial score (nSPS) is 35.2. The van der Waals surface area contributed by atoms with Gasteiger partial charge in [0.05, 0.1) is 11.6 Å². The van der Waals surface area contributed by atoms with Crippen LogP contribution in [0.5, 0.6) is 0 Å². The summed E-state index contributed by atoms with van der Waals surface area (Å²) in [6.07, 6.45) is 1.69. The Bertz CT molecular complexity index is 283. The average Bonchev–Trinajstić information content (AvgIpc) is 2.26. The summed E-state index contributed by atoms with van der Waals surface area (Å²) >= 11 is 0. The van der Waals surface area contributed by atoms with Gasteiger partial charge in [-0.25, -0.2) is 0 Å². The van der Waals surface area contributed by atoms with Gasteiger partial charge in [-0.3, -0.25) is 0 Å². The van der Waals surface area contributed by atoms with Gasteiger partial charge in [0, 0.05) is 0 Å². The number of carbonyl (C=O) groups is 2. The Morgan fingerprint density at radius 2 is 1.77 bits per heavy atom. The van der Waals surface area contributed by atoms with Crippen molar-refractivity contribution >= 4 is 11.6 Å². The van der Waals surface area contributed by atoms with Crippen LogP contribution in [0.3, 0.4) is 0 Å². The molecular formula is C10H13LiO2. The van der Waals surface area contributed by atoms with E-state index in [0.717, 1.165) is 18.8 Å².